The predicted octanol–water partition coefficient (Wildman–Crippen LogP) is 1.13. The van der Waals surface area contributed by atoms with E-state index >= 15 is 0 Å². The van der Waals surface area contributed by atoms with Crippen molar-refractivity contribution in [3.63, 3.8) is 0 Å². The van der Waals surface area contributed by atoms with Crippen molar-refractivity contribution in [2.75, 3.05) is 6.61 Å². The lowest BCUT2D eigenvalue weighted by molar-refractivity contribution is 0.0526. The molecule has 0 bridgehead atoms. The van der Waals surface area contributed by atoms with E-state index in [4.69, 9.17) is 10.00 Å². The fraction of sp³-hybridized carbons (Fsp3) is 0.222. The van der Waals surface area contributed by atoms with Gasteiger partial charge < -0.3 is 4.74 Å². The Hall–Kier alpha value is -1.89. The highest BCUT2D eigenvalue weighted by Crippen LogP contribution is 2.02. The summed E-state index contributed by atoms with van der Waals surface area (Å²) in [6.07, 6.45) is 2.77. The first kappa shape index (κ1) is 9.20. The second-order valence-electron chi connectivity index (χ2n) is 2.29. The van der Waals surface area contributed by atoms with Crippen LogP contribution in [0, 0.1) is 11.3 Å². The topological polar surface area (TPSA) is 63.0 Å². The highest BCUT2D eigenvalue weighted by Gasteiger charge is 2.06. The molecule has 0 amide bonds. The fourth-order valence-corrected chi connectivity index (χ4v) is 0.827. The maximum Gasteiger partial charge on any atom is 0.339 e. The van der Waals surface area contributed by atoms with Crippen LogP contribution in [0.15, 0.2) is 18.5 Å². The Morgan fingerprint density at radius 2 is 2.46 bits per heavy atom. The van der Waals surface area contributed by atoms with Crippen LogP contribution >= 0.6 is 0 Å². The Labute approximate surface area is 75.8 Å². The zero-order valence-electron chi connectivity index (χ0n) is 7.15. The van der Waals surface area contributed by atoms with Gasteiger partial charge in [-0.1, -0.05) is 0 Å². The minimum Gasteiger partial charge on any atom is -0.462 e. The van der Waals surface area contributed by atoms with E-state index < -0.39 is 5.97 Å². The van der Waals surface area contributed by atoms with Gasteiger partial charge in [0, 0.05) is 12.4 Å². The van der Waals surface area contributed by atoms with E-state index in [-0.39, 0.29) is 0 Å². The van der Waals surface area contributed by atoms with Crippen molar-refractivity contribution < 1.29 is 9.53 Å². The van der Waals surface area contributed by atoms with Crippen LogP contribution in [0.25, 0.3) is 0 Å². The van der Waals surface area contributed by atoms with Crippen LogP contribution < -0.4 is 0 Å². The number of carbonyl (C=O) groups excluding carboxylic acids is 1. The van der Waals surface area contributed by atoms with E-state index in [1.807, 2.05) is 6.07 Å². The van der Waals surface area contributed by atoms with Crippen LogP contribution in [-0.4, -0.2) is 17.6 Å². The Balaban J connectivity index is 2.90. The molecule has 1 heterocycles. The van der Waals surface area contributed by atoms with Gasteiger partial charge in [0.1, 0.15) is 6.07 Å². The van der Waals surface area contributed by atoms with E-state index in [0.717, 1.165) is 0 Å². The van der Waals surface area contributed by atoms with Gasteiger partial charge in [0.2, 0.25) is 0 Å². The molecule has 1 aromatic heterocycles. The Morgan fingerprint density at radius 3 is 3.08 bits per heavy atom. The van der Waals surface area contributed by atoms with Gasteiger partial charge in [-0.3, -0.25) is 4.98 Å². The highest BCUT2D eigenvalue weighted by molar-refractivity contribution is 5.89. The van der Waals surface area contributed by atoms with Gasteiger partial charge in [-0.2, -0.15) is 5.26 Å². The third-order valence-corrected chi connectivity index (χ3v) is 1.38. The molecule has 0 aliphatic carbocycles. The van der Waals surface area contributed by atoms with E-state index in [0.29, 0.717) is 17.7 Å². The van der Waals surface area contributed by atoms with E-state index in [1.54, 1.807) is 6.92 Å². The minimum absolute atomic E-state index is 0.306. The number of nitrogens with zero attached hydrogens (tertiary/aromatic N) is 2. The summed E-state index contributed by atoms with van der Waals surface area (Å²) in [6, 6.07) is 3.34. The van der Waals surface area contributed by atoms with Crippen LogP contribution in [0.4, 0.5) is 0 Å². The summed E-state index contributed by atoms with van der Waals surface area (Å²) < 4.78 is 4.74. The van der Waals surface area contributed by atoms with E-state index in [9.17, 15) is 4.79 Å². The molecule has 1 rings (SSSR count). The summed E-state index contributed by atoms with van der Waals surface area (Å²) in [6.45, 7) is 2.04. The molecule has 0 fully saturated rings. The van der Waals surface area contributed by atoms with Crippen molar-refractivity contribution in [3.05, 3.63) is 29.6 Å². The van der Waals surface area contributed by atoms with Crippen LogP contribution in [0.5, 0.6) is 0 Å². The number of nitriles is 1. The maximum absolute atomic E-state index is 11.1. The van der Waals surface area contributed by atoms with Crippen molar-refractivity contribution in [1.29, 1.82) is 5.26 Å². The van der Waals surface area contributed by atoms with Gasteiger partial charge in [0.15, 0.2) is 0 Å². The number of carbonyl (C=O) groups is 1. The predicted molar refractivity (Wildman–Crippen MR) is 44.9 cm³/mol. The molecule has 0 aromatic carbocycles. The molecular formula is C9H8N2O2. The molecule has 0 atom stereocenters. The van der Waals surface area contributed by atoms with E-state index in [2.05, 4.69) is 4.98 Å². The molecule has 4 heteroatoms. The van der Waals surface area contributed by atoms with Gasteiger partial charge >= 0.3 is 5.97 Å². The first-order valence-corrected chi connectivity index (χ1v) is 3.80. The highest BCUT2D eigenvalue weighted by atomic mass is 16.5. The number of ether oxygens (including phenoxy) is 1. The van der Waals surface area contributed by atoms with Crippen LogP contribution in [0.2, 0.25) is 0 Å². The lowest BCUT2D eigenvalue weighted by Crippen LogP contribution is -2.05. The SMILES string of the molecule is CCOC(=O)c1cncc(C#N)c1. The Bertz CT molecular complexity index is 355. The molecule has 0 unspecified atom stereocenters. The van der Waals surface area contributed by atoms with Crippen molar-refractivity contribution in [1.82, 2.24) is 4.98 Å². The molecule has 4 nitrogen and oxygen atoms in total. The van der Waals surface area contributed by atoms with Gasteiger partial charge in [-0.05, 0) is 13.0 Å². The van der Waals surface area contributed by atoms with Crippen molar-refractivity contribution in [2.45, 2.75) is 6.92 Å². The molecule has 0 N–H and O–H groups in total. The minimum atomic E-state index is -0.452. The second-order valence-corrected chi connectivity index (χ2v) is 2.29. The molecule has 66 valence electrons. The van der Waals surface area contributed by atoms with Crippen molar-refractivity contribution >= 4 is 5.97 Å². The summed E-state index contributed by atoms with van der Waals surface area (Å²) >= 11 is 0. The Kier molecular flexibility index (Phi) is 2.98. The summed E-state index contributed by atoms with van der Waals surface area (Å²) in [4.78, 5) is 14.9. The number of esters is 1. The lowest BCUT2D eigenvalue weighted by atomic mass is 10.2. The zero-order chi connectivity index (χ0) is 9.68. The average molecular weight is 176 g/mol. The molecular weight excluding hydrogens is 168 g/mol. The number of hydrogen-bond acceptors (Lipinski definition) is 4. The van der Waals surface area contributed by atoms with Crippen molar-refractivity contribution in [3.8, 4) is 6.07 Å². The third kappa shape index (κ3) is 2.27. The van der Waals surface area contributed by atoms with Crippen LogP contribution in [-0.2, 0) is 4.74 Å². The molecule has 0 saturated carbocycles. The molecule has 1 aromatic rings. The maximum atomic E-state index is 11.1. The third-order valence-electron chi connectivity index (χ3n) is 1.38. The molecule has 0 spiro atoms. The summed E-state index contributed by atoms with van der Waals surface area (Å²) in [5.74, 6) is -0.452. The number of pyridine rings is 1. The molecule has 0 aliphatic heterocycles. The monoisotopic (exact) mass is 176 g/mol. The number of rotatable bonds is 2. The fourth-order valence-electron chi connectivity index (χ4n) is 0.827. The smallest absolute Gasteiger partial charge is 0.339 e. The normalized spacial score (nSPS) is 8.92. The van der Waals surface area contributed by atoms with Gasteiger partial charge in [-0.15, -0.1) is 0 Å². The van der Waals surface area contributed by atoms with E-state index in [1.165, 1.54) is 18.5 Å². The summed E-state index contributed by atoms with van der Waals surface area (Å²) in [7, 11) is 0. The average Bonchev–Trinajstić information content (AvgIpc) is 2.18. The summed E-state index contributed by atoms with van der Waals surface area (Å²) in [5, 5.41) is 8.53. The van der Waals surface area contributed by atoms with Crippen molar-refractivity contribution in [2.24, 2.45) is 0 Å². The standard InChI is InChI=1S/C9H8N2O2/c1-2-13-9(12)8-3-7(4-10)5-11-6-8/h3,5-6H,2H2,1H3. The second kappa shape index (κ2) is 4.21. The Morgan fingerprint density at radius 1 is 1.69 bits per heavy atom. The lowest BCUT2D eigenvalue weighted by Gasteiger charge is -2.00. The largest absolute Gasteiger partial charge is 0.462 e. The molecule has 0 radical (unpaired) electrons. The summed E-state index contributed by atoms with van der Waals surface area (Å²) in [5.41, 5.74) is 0.659. The van der Waals surface area contributed by atoms with Crippen LogP contribution in [0.1, 0.15) is 22.8 Å². The first-order valence-electron chi connectivity index (χ1n) is 3.80. The number of aromatic nitrogens is 1. The quantitative estimate of drug-likeness (QED) is 0.633. The zero-order valence-corrected chi connectivity index (χ0v) is 7.15. The molecule has 0 aliphatic rings. The molecule has 0 saturated heterocycles. The van der Waals surface area contributed by atoms with Gasteiger partial charge in [-0.25, -0.2) is 4.79 Å². The van der Waals surface area contributed by atoms with Gasteiger partial charge in [0.05, 0.1) is 17.7 Å². The molecule has 13 heavy (non-hydrogen) atoms. The van der Waals surface area contributed by atoms with Gasteiger partial charge in [0.25, 0.3) is 0 Å². The van der Waals surface area contributed by atoms with Crippen LogP contribution in [0.3, 0.4) is 0 Å². The number of hydrogen-bond donors (Lipinski definition) is 0. The first-order chi connectivity index (χ1) is 6.27.